The van der Waals surface area contributed by atoms with E-state index in [2.05, 4.69) is 24.2 Å². The number of nitrogens with one attached hydrogen (secondary N) is 1. The van der Waals surface area contributed by atoms with Crippen molar-refractivity contribution >= 4 is 17.3 Å². The van der Waals surface area contributed by atoms with E-state index in [1.807, 2.05) is 25.1 Å². The van der Waals surface area contributed by atoms with Crippen LogP contribution in [-0.2, 0) is 4.79 Å². The molecular formula is C17H27N3O. The van der Waals surface area contributed by atoms with Gasteiger partial charge >= 0.3 is 0 Å². The second kappa shape index (κ2) is 6.94. The third kappa shape index (κ3) is 4.74. The highest BCUT2D eigenvalue weighted by Gasteiger charge is 2.32. The molecule has 21 heavy (non-hydrogen) atoms. The molecule has 0 bridgehead atoms. The van der Waals surface area contributed by atoms with Gasteiger partial charge < -0.3 is 16.0 Å². The molecular weight excluding hydrogens is 262 g/mol. The van der Waals surface area contributed by atoms with Gasteiger partial charge in [0, 0.05) is 24.3 Å². The van der Waals surface area contributed by atoms with E-state index in [4.69, 9.17) is 5.73 Å². The molecule has 0 spiro atoms. The number of nitrogens with zero attached hydrogens (tertiary/aromatic N) is 1. The number of nitrogens with two attached hydrogens (primary N) is 1. The number of benzene rings is 1. The van der Waals surface area contributed by atoms with E-state index in [0.29, 0.717) is 12.1 Å². The summed E-state index contributed by atoms with van der Waals surface area (Å²) in [7, 11) is 2.14. The predicted octanol–water partition coefficient (Wildman–Crippen LogP) is 2.88. The second-order valence-corrected chi connectivity index (χ2v) is 6.41. The van der Waals surface area contributed by atoms with E-state index in [9.17, 15) is 4.79 Å². The molecule has 1 aliphatic carbocycles. The van der Waals surface area contributed by atoms with Gasteiger partial charge in [0.1, 0.15) is 0 Å². The Morgan fingerprint density at radius 2 is 2.19 bits per heavy atom. The number of nitrogen functional groups attached to an aromatic ring is 1. The van der Waals surface area contributed by atoms with Gasteiger partial charge in [-0.2, -0.15) is 0 Å². The van der Waals surface area contributed by atoms with Gasteiger partial charge in [0.25, 0.3) is 0 Å². The Bertz CT molecular complexity index is 501. The van der Waals surface area contributed by atoms with Crippen molar-refractivity contribution in [2.75, 3.05) is 31.2 Å². The average molecular weight is 289 g/mol. The molecule has 4 nitrogen and oxygen atoms in total. The molecule has 4 heteroatoms. The molecule has 1 saturated carbocycles. The fraction of sp³-hybridized carbons (Fsp3) is 0.588. The molecule has 0 heterocycles. The first-order valence-electron chi connectivity index (χ1n) is 7.81. The zero-order valence-corrected chi connectivity index (χ0v) is 13.4. The maximum absolute atomic E-state index is 12.0. The molecule has 1 aromatic rings. The molecule has 1 amide bonds. The van der Waals surface area contributed by atoms with E-state index in [0.717, 1.165) is 42.6 Å². The maximum Gasteiger partial charge on any atom is 0.224 e. The molecule has 1 aliphatic rings. The molecule has 2 unspecified atom stereocenters. The van der Waals surface area contributed by atoms with Crippen molar-refractivity contribution in [1.29, 1.82) is 0 Å². The van der Waals surface area contributed by atoms with Crippen LogP contribution in [0.25, 0.3) is 0 Å². The number of rotatable bonds is 7. The zero-order valence-electron chi connectivity index (χ0n) is 13.4. The Morgan fingerprint density at radius 3 is 2.86 bits per heavy atom. The van der Waals surface area contributed by atoms with Crippen molar-refractivity contribution in [1.82, 2.24) is 4.90 Å². The maximum atomic E-state index is 12.0. The summed E-state index contributed by atoms with van der Waals surface area (Å²) in [5.74, 6) is 1.83. The zero-order chi connectivity index (χ0) is 15.4. The Hall–Kier alpha value is -1.55. The molecule has 2 atom stereocenters. The van der Waals surface area contributed by atoms with Crippen LogP contribution in [0.15, 0.2) is 18.2 Å². The Kier molecular flexibility index (Phi) is 5.23. The first-order valence-corrected chi connectivity index (χ1v) is 7.81. The van der Waals surface area contributed by atoms with E-state index >= 15 is 0 Å². The Labute approximate surface area is 127 Å². The number of carbonyl (C=O) groups excluding carboxylic acids is 1. The lowest BCUT2D eigenvalue weighted by atomic mass is 10.1. The van der Waals surface area contributed by atoms with Crippen LogP contribution in [0.2, 0.25) is 0 Å². The van der Waals surface area contributed by atoms with Crippen LogP contribution < -0.4 is 11.1 Å². The first-order chi connectivity index (χ1) is 9.97. The molecule has 0 aromatic heterocycles. The van der Waals surface area contributed by atoms with Crippen LogP contribution >= 0.6 is 0 Å². The number of hydrogen-bond acceptors (Lipinski definition) is 3. The summed E-state index contributed by atoms with van der Waals surface area (Å²) >= 11 is 0. The summed E-state index contributed by atoms with van der Waals surface area (Å²) in [6, 6.07) is 5.60. The number of amides is 1. The van der Waals surface area contributed by atoms with Crippen molar-refractivity contribution in [3.05, 3.63) is 23.8 Å². The smallest absolute Gasteiger partial charge is 0.224 e. The number of anilines is 2. The van der Waals surface area contributed by atoms with E-state index in [1.54, 1.807) is 0 Å². The van der Waals surface area contributed by atoms with Gasteiger partial charge in [-0.1, -0.05) is 13.0 Å². The summed E-state index contributed by atoms with van der Waals surface area (Å²) in [6.07, 6.45) is 2.81. The fourth-order valence-corrected chi connectivity index (χ4v) is 2.66. The quantitative estimate of drug-likeness (QED) is 0.759. The van der Waals surface area contributed by atoms with E-state index in [1.165, 1.54) is 6.42 Å². The van der Waals surface area contributed by atoms with Gasteiger partial charge in [0.2, 0.25) is 5.91 Å². The van der Waals surface area contributed by atoms with Crippen molar-refractivity contribution < 1.29 is 4.79 Å². The van der Waals surface area contributed by atoms with Gasteiger partial charge in [0.15, 0.2) is 0 Å². The van der Waals surface area contributed by atoms with Crippen LogP contribution in [0.5, 0.6) is 0 Å². The van der Waals surface area contributed by atoms with Gasteiger partial charge in [-0.3, -0.25) is 4.79 Å². The summed E-state index contributed by atoms with van der Waals surface area (Å²) in [4.78, 5) is 14.3. The monoisotopic (exact) mass is 289 g/mol. The summed E-state index contributed by atoms with van der Waals surface area (Å²) < 4.78 is 0. The standard InChI is InChI=1S/C17H27N3O/c1-12-10-14(12)11-20(3)9-5-8-17(21)19-16-7-4-6-15(18)13(16)2/h4,6-7,12,14H,5,8-11,18H2,1-3H3,(H,19,21). The second-order valence-electron chi connectivity index (χ2n) is 6.41. The SMILES string of the molecule is Cc1c(N)cccc1NC(=O)CCCN(C)CC1CC1C. The van der Waals surface area contributed by atoms with Gasteiger partial charge in [-0.05, 0) is 62.9 Å². The Morgan fingerprint density at radius 1 is 1.48 bits per heavy atom. The van der Waals surface area contributed by atoms with Gasteiger partial charge in [-0.15, -0.1) is 0 Å². The molecule has 0 aliphatic heterocycles. The topological polar surface area (TPSA) is 58.4 Å². The predicted molar refractivity (Wildman–Crippen MR) is 88.2 cm³/mol. The highest BCUT2D eigenvalue weighted by atomic mass is 16.1. The highest BCUT2D eigenvalue weighted by molar-refractivity contribution is 5.92. The van der Waals surface area contributed by atoms with Gasteiger partial charge in [-0.25, -0.2) is 0 Å². The molecule has 3 N–H and O–H groups in total. The van der Waals surface area contributed by atoms with Crippen molar-refractivity contribution in [3.63, 3.8) is 0 Å². The molecule has 1 aromatic carbocycles. The largest absolute Gasteiger partial charge is 0.398 e. The van der Waals surface area contributed by atoms with Crippen molar-refractivity contribution in [2.24, 2.45) is 11.8 Å². The lowest BCUT2D eigenvalue weighted by molar-refractivity contribution is -0.116. The summed E-state index contributed by atoms with van der Waals surface area (Å²) in [5, 5.41) is 2.95. The molecule has 116 valence electrons. The normalized spacial score (nSPS) is 20.6. The lowest BCUT2D eigenvalue weighted by Gasteiger charge is -2.16. The van der Waals surface area contributed by atoms with Crippen LogP contribution in [0.4, 0.5) is 11.4 Å². The van der Waals surface area contributed by atoms with E-state index < -0.39 is 0 Å². The van der Waals surface area contributed by atoms with Crippen LogP contribution in [0.1, 0.15) is 31.7 Å². The molecule has 1 fully saturated rings. The number of hydrogen-bond donors (Lipinski definition) is 2. The minimum absolute atomic E-state index is 0.0666. The van der Waals surface area contributed by atoms with Gasteiger partial charge in [0.05, 0.1) is 0 Å². The summed E-state index contributed by atoms with van der Waals surface area (Å²) in [6.45, 7) is 6.37. The lowest BCUT2D eigenvalue weighted by Crippen LogP contribution is -2.24. The van der Waals surface area contributed by atoms with Crippen LogP contribution in [0.3, 0.4) is 0 Å². The minimum atomic E-state index is 0.0666. The third-order valence-electron chi connectivity index (χ3n) is 4.42. The first kappa shape index (κ1) is 15.8. The van der Waals surface area contributed by atoms with Crippen molar-refractivity contribution in [2.45, 2.75) is 33.1 Å². The fourth-order valence-electron chi connectivity index (χ4n) is 2.66. The molecule has 0 radical (unpaired) electrons. The molecule has 0 saturated heterocycles. The number of carbonyl (C=O) groups is 1. The van der Waals surface area contributed by atoms with Crippen molar-refractivity contribution in [3.8, 4) is 0 Å². The van der Waals surface area contributed by atoms with E-state index in [-0.39, 0.29) is 5.91 Å². The average Bonchev–Trinajstić information content (AvgIpc) is 3.10. The minimum Gasteiger partial charge on any atom is -0.398 e. The van der Waals surface area contributed by atoms with Crippen LogP contribution in [-0.4, -0.2) is 30.9 Å². The summed E-state index contributed by atoms with van der Waals surface area (Å²) in [5.41, 5.74) is 8.31. The van der Waals surface area contributed by atoms with Crippen LogP contribution in [0, 0.1) is 18.8 Å². The third-order valence-corrected chi connectivity index (χ3v) is 4.42. The highest BCUT2D eigenvalue weighted by Crippen LogP contribution is 2.37. The Balaban J connectivity index is 1.68. The molecule has 2 rings (SSSR count).